The van der Waals surface area contributed by atoms with Gasteiger partial charge in [0.05, 0.1) is 18.4 Å². The molecule has 1 unspecified atom stereocenters. The van der Waals surface area contributed by atoms with Gasteiger partial charge >= 0.3 is 12.0 Å². The molecular weight excluding hydrogens is 410 g/mol. The fraction of sp³-hybridized carbons (Fsp3) is 0.333. The van der Waals surface area contributed by atoms with Crippen molar-refractivity contribution in [3.8, 4) is 0 Å². The van der Waals surface area contributed by atoms with E-state index < -0.39 is 35.9 Å². The van der Waals surface area contributed by atoms with Crippen LogP contribution in [-0.2, 0) is 25.3 Å². The number of imide groups is 1. The van der Waals surface area contributed by atoms with Crippen LogP contribution in [0.25, 0.3) is 0 Å². The summed E-state index contributed by atoms with van der Waals surface area (Å²) >= 11 is 0. The lowest BCUT2D eigenvalue weighted by molar-refractivity contribution is -0.133. The molecular formula is C24H27N3O5. The molecule has 2 N–H and O–H groups in total. The van der Waals surface area contributed by atoms with Gasteiger partial charge in [0, 0.05) is 0 Å². The predicted molar refractivity (Wildman–Crippen MR) is 119 cm³/mol. The predicted octanol–water partition coefficient (Wildman–Crippen LogP) is 3.18. The number of hydrogen-bond acceptors (Lipinski definition) is 5. The van der Waals surface area contributed by atoms with Crippen molar-refractivity contribution < 1.29 is 23.9 Å². The summed E-state index contributed by atoms with van der Waals surface area (Å²) in [5, 5.41) is 5.27. The molecule has 1 aliphatic heterocycles. The molecule has 0 spiro atoms. The zero-order valence-corrected chi connectivity index (χ0v) is 18.8. The number of carbonyl (C=O) groups excluding carboxylic acids is 4. The summed E-state index contributed by atoms with van der Waals surface area (Å²) in [7, 11) is 1.24. The highest BCUT2D eigenvalue weighted by Gasteiger charge is 2.49. The van der Waals surface area contributed by atoms with Crippen molar-refractivity contribution >= 4 is 29.5 Å². The molecule has 2 aromatic rings. The van der Waals surface area contributed by atoms with Crippen LogP contribution in [0.3, 0.4) is 0 Å². The molecule has 1 fully saturated rings. The summed E-state index contributed by atoms with van der Waals surface area (Å²) < 4.78 is 4.71. The first kappa shape index (κ1) is 23.0. The Balaban J connectivity index is 1.77. The molecule has 32 heavy (non-hydrogen) atoms. The number of carbonyl (C=O) groups is 4. The summed E-state index contributed by atoms with van der Waals surface area (Å²) in [6.45, 7) is 7.39. The number of rotatable bonds is 5. The van der Waals surface area contributed by atoms with E-state index in [-0.39, 0.29) is 16.7 Å². The molecule has 0 radical (unpaired) electrons. The number of benzene rings is 2. The summed E-state index contributed by atoms with van der Waals surface area (Å²) in [5.41, 5.74) is 0.802. The second kappa shape index (κ2) is 8.45. The maximum absolute atomic E-state index is 13.1. The van der Waals surface area contributed by atoms with Crippen LogP contribution in [0.2, 0.25) is 0 Å². The molecule has 1 atom stereocenters. The molecule has 1 saturated heterocycles. The summed E-state index contributed by atoms with van der Waals surface area (Å²) in [4.78, 5) is 51.0. The van der Waals surface area contributed by atoms with Crippen molar-refractivity contribution in [1.82, 2.24) is 10.2 Å². The zero-order valence-electron chi connectivity index (χ0n) is 18.8. The molecule has 3 rings (SSSR count). The highest BCUT2D eigenvalue weighted by atomic mass is 16.5. The monoisotopic (exact) mass is 437 g/mol. The topological polar surface area (TPSA) is 105 Å². The van der Waals surface area contributed by atoms with Crippen LogP contribution in [0.1, 0.15) is 49.2 Å². The second-order valence-electron chi connectivity index (χ2n) is 8.86. The minimum atomic E-state index is -1.28. The fourth-order valence-corrected chi connectivity index (χ4v) is 3.55. The van der Waals surface area contributed by atoms with E-state index in [1.165, 1.54) is 19.2 Å². The molecule has 0 aromatic heterocycles. The minimum absolute atomic E-state index is 0.0486. The van der Waals surface area contributed by atoms with Crippen LogP contribution in [0.15, 0.2) is 48.5 Å². The van der Waals surface area contributed by atoms with Crippen molar-refractivity contribution in [3.63, 3.8) is 0 Å². The van der Waals surface area contributed by atoms with E-state index in [1.807, 2.05) is 24.3 Å². The largest absolute Gasteiger partial charge is 0.465 e. The third-order valence-electron chi connectivity index (χ3n) is 5.51. The number of methoxy groups -OCH3 is 1. The van der Waals surface area contributed by atoms with Crippen molar-refractivity contribution in [3.05, 3.63) is 65.2 Å². The van der Waals surface area contributed by atoms with E-state index in [9.17, 15) is 19.2 Å². The van der Waals surface area contributed by atoms with Gasteiger partial charge in [0.1, 0.15) is 12.1 Å². The average Bonchev–Trinajstić information content (AvgIpc) is 2.97. The maximum atomic E-state index is 13.1. The molecule has 1 heterocycles. The van der Waals surface area contributed by atoms with E-state index in [0.29, 0.717) is 5.56 Å². The standard InChI is InChI=1S/C24H27N3O5/c1-23(2,3)15-10-12-16(13-11-15)24(4)21(30)27(22(31)26-24)14-19(28)25-18-9-7-6-8-17(18)20(29)32-5/h6-13H,14H2,1-5H3,(H,25,28)(H,26,31). The van der Waals surface area contributed by atoms with E-state index in [2.05, 4.69) is 31.4 Å². The van der Waals surface area contributed by atoms with Crippen LogP contribution in [0.4, 0.5) is 10.5 Å². The Kier molecular flexibility index (Phi) is 6.07. The molecule has 0 saturated carbocycles. The highest BCUT2D eigenvalue weighted by molar-refractivity contribution is 6.10. The Morgan fingerprint density at radius 3 is 2.28 bits per heavy atom. The van der Waals surface area contributed by atoms with Gasteiger partial charge in [-0.25, -0.2) is 9.59 Å². The van der Waals surface area contributed by atoms with Gasteiger partial charge in [-0.1, -0.05) is 57.2 Å². The van der Waals surface area contributed by atoms with Crippen LogP contribution in [0.5, 0.6) is 0 Å². The van der Waals surface area contributed by atoms with Gasteiger partial charge < -0.3 is 15.4 Å². The quantitative estimate of drug-likeness (QED) is 0.552. The number of ether oxygens (including phenoxy) is 1. The first-order valence-corrected chi connectivity index (χ1v) is 10.2. The lowest BCUT2D eigenvalue weighted by Gasteiger charge is -2.24. The Morgan fingerprint density at radius 1 is 1.06 bits per heavy atom. The SMILES string of the molecule is COC(=O)c1ccccc1NC(=O)CN1C(=O)NC(C)(c2ccc(C(C)(C)C)cc2)C1=O. The third kappa shape index (κ3) is 4.34. The number of anilines is 1. The van der Waals surface area contributed by atoms with Gasteiger partial charge in [-0.3, -0.25) is 14.5 Å². The fourth-order valence-electron chi connectivity index (χ4n) is 3.55. The lowest BCUT2D eigenvalue weighted by atomic mass is 9.84. The first-order chi connectivity index (χ1) is 15.0. The third-order valence-corrected chi connectivity index (χ3v) is 5.51. The second-order valence-corrected chi connectivity index (χ2v) is 8.86. The lowest BCUT2D eigenvalue weighted by Crippen LogP contribution is -2.42. The number of hydrogen-bond donors (Lipinski definition) is 2. The maximum Gasteiger partial charge on any atom is 0.339 e. The zero-order chi connectivity index (χ0) is 23.7. The first-order valence-electron chi connectivity index (χ1n) is 10.2. The van der Waals surface area contributed by atoms with Gasteiger partial charge in [0.15, 0.2) is 0 Å². The average molecular weight is 437 g/mol. The van der Waals surface area contributed by atoms with Crippen LogP contribution < -0.4 is 10.6 Å². The normalized spacial score (nSPS) is 18.3. The number of para-hydroxylation sites is 1. The Labute approximate surface area is 186 Å². The van der Waals surface area contributed by atoms with E-state index in [4.69, 9.17) is 4.74 Å². The number of nitrogens with zero attached hydrogens (tertiary/aromatic N) is 1. The highest BCUT2D eigenvalue weighted by Crippen LogP contribution is 2.31. The van der Waals surface area contributed by atoms with Crippen molar-refractivity contribution in [1.29, 1.82) is 0 Å². The Hall–Kier alpha value is -3.68. The molecule has 0 bridgehead atoms. The van der Waals surface area contributed by atoms with Crippen molar-refractivity contribution in [2.45, 2.75) is 38.6 Å². The smallest absolute Gasteiger partial charge is 0.339 e. The molecule has 0 aliphatic carbocycles. The number of nitrogens with one attached hydrogen (secondary N) is 2. The van der Waals surface area contributed by atoms with Gasteiger partial charge in [-0.2, -0.15) is 0 Å². The number of amides is 4. The van der Waals surface area contributed by atoms with Gasteiger partial charge in [0.25, 0.3) is 5.91 Å². The van der Waals surface area contributed by atoms with Crippen LogP contribution >= 0.6 is 0 Å². The molecule has 168 valence electrons. The molecule has 1 aliphatic rings. The van der Waals surface area contributed by atoms with E-state index in [1.54, 1.807) is 19.1 Å². The van der Waals surface area contributed by atoms with Crippen LogP contribution in [-0.4, -0.2) is 42.4 Å². The summed E-state index contributed by atoms with van der Waals surface area (Å²) in [6.07, 6.45) is 0. The minimum Gasteiger partial charge on any atom is -0.465 e. The van der Waals surface area contributed by atoms with Gasteiger partial charge in [-0.15, -0.1) is 0 Å². The molecule has 8 heteroatoms. The summed E-state index contributed by atoms with van der Waals surface area (Å²) in [6, 6.07) is 13.2. The van der Waals surface area contributed by atoms with Gasteiger partial charge in [0.2, 0.25) is 5.91 Å². The van der Waals surface area contributed by atoms with Crippen molar-refractivity contribution in [2.75, 3.05) is 19.0 Å². The Bertz CT molecular complexity index is 1070. The van der Waals surface area contributed by atoms with Gasteiger partial charge in [-0.05, 0) is 35.6 Å². The molecule has 2 aromatic carbocycles. The number of esters is 1. The summed E-state index contributed by atoms with van der Waals surface area (Å²) in [5.74, 6) is -1.75. The van der Waals surface area contributed by atoms with E-state index >= 15 is 0 Å². The molecule has 4 amide bonds. The van der Waals surface area contributed by atoms with Crippen molar-refractivity contribution in [2.24, 2.45) is 0 Å². The molecule has 8 nitrogen and oxygen atoms in total. The van der Waals surface area contributed by atoms with E-state index in [0.717, 1.165) is 10.5 Å². The number of urea groups is 1. The Morgan fingerprint density at radius 2 is 1.69 bits per heavy atom. The van der Waals surface area contributed by atoms with Crippen LogP contribution in [0, 0.1) is 0 Å².